The molecule has 0 saturated heterocycles. The lowest BCUT2D eigenvalue weighted by Crippen LogP contribution is -2.29. The van der Waals surface area contributed by atoms with Gasteiger partial charge in [0.25, 0.3) is 0 Å². The number of hydrogen-bond acceptors (Lipinski definition) is 3. The minimum atomic E-state index is -0.140. The average Bonchev–Trinajstić information content (AvgIpc) is 3.14. The molecule has 0 bridgehead atoms. The van der Waals surface area contributed by atoms with E-state index in [1.807, 2.05) is 6.07 Å². The second-order valence-electron chi connectivity index (χ2n) is 7.46. The molecule has 2 nitrogen and oxygen atoms in total. The van der Waals surface area contributed by atoms with Crippen LogP contribution in [0.1, 0.15) is 34.0 Å². The first-order valence-corrected chi connectivity index (χ1v) is 9.90. The van der Waals surface area contributed by atoms with E-state index in [1.165, 1.54) is 26.9 Å². The van der Waals surface area contributed by atoms with E-state index in [-0.39, 0.29) is 5.41 Å². The number of carbonyl (C=O) groups excluding carboxylic acids is 1. The molecular weight excluding hydrogens is 350 g/mol. The Morgan fingerprint density at radius 3 is 2.41 bits per heavy atom. The summed E-state index contributed by atoms with van der Waals surface area (Å²) < 4.78 is 0. The molecule has 27 heavy (non-hydrogen) atoms. The molecule has 0 amide bonds. The molecule has 0 aliphatic carbocycles. The summed E-state index contributed by atoms with van der Waals surface area (Å²) in [6.07, 6.45) is 0.963. The van der Waals surface area contributed by atoms with Crippen LogP contribution in [0.5, 0.6) is 0 Å². The summed E-state index contributed by atoms with van der Waals surface area (Å²) in [6.45, 7) is 4.49. The van der Waals surface area contributed by atoms with Crippen LogP contribution in [0.25, 0.3) is 10.8 Å². The number of para-hydroxylation sites is 1. The maximum atomic E-state index is 11.6. The second kappa shape index (κ2) is 5.80. The van der Waals surface area contributed by atoms with Gasteiger partial charge < -0.3 is 4.90 Å². The largest absolute Gasteiger partial charge is 0.308 e. The number of hydrogen-bond donors (Lipinski definition) is 0. The molecule has 3 heteroatoms. The predicted molar refractivity (Wildman–Crippen MR) is 114 cm³/mol. The number of thiophene rings is 1. The summed E-state index contributed by atoms with van der Waals surface area (Å²) in [7, 11) is 0. The van der Waals surface area contributed by atoms with Crippen LogP contribution in [0, 0.1) is 0 Å². The number of fused-ring (bicyclic) bond motifs is 3. The van der Waals surface area contributed by atoms with Crippen LogP contribution in [-0.4, -0.2) is 6.29 Å². The van der Waals surface area contributed by atoms with Gasteiger partial charge in [-0.2, -0.15) is 0 Å². The van der Waals surface area contributed by atoms with Gasteiger partial charge in [-0.25, -0.2) is 0 Å². The number of nitrogens with zero attached hydrogens (tertiary/aromatic N) is 1. The number of benzene rings is 3. The fourth-order valence-electron chi connectivity index (χ4n) is 4.18. The van der Waals surface area contributed by atoms with Crippen molar-refractivity contribution in [3.63, 3.8) is 0 Å². The van der Waals surface area contributed by atoms with Gasteiger partial charge in [0.05, 0.1) is 21.9 Å². The van der Waals surface area contributed by atoms with Crippen LogP contribution >= 0.6 is 11.3 Å². The summed E-state index contributed by atoms with van der Waals surface area (Å²) in [6, 6.07) is 25.5. The molecule has 5 rings (SSSR count). The zero-order chi connectivity index (χ0) is 18.6. The van der Waals surface area contributed by atoms with Gasteiger partial charge in [-0.1, -0.05) is 68.4 Å². The van der Waals surface area contributed by atoms with Crippen LogP contribution in [0.2, 0.25) is 0 Å². The highest BCUT2D eigenvalue weighted by atomic mass is 32.1. The smallest absolute Gasteiger partial charge is 0.160 e. The molecule has 0 atom stereocenters. The van der Waals surface area contributed by atoms with Gasteiger partial charge in [0.1, 0.15) is 0 Å². The van der Waals surface area contributed by atoms with Gasteiger partial charge in [0.15, 0.2) is 6.29 Å². The van der Waals surface area contributed by atoms with Crippen molar-refractivity contribution in [1.29, 1.82) is 0 Å². The Kier molecular flexibility index (Phi) is 3.49. The average molecular weight is 369 g/mol. The van der Waals surface area contributed by atoms with Crippen molar-refractivity contribution in [2.24, 2.45) is 0 Å². The summed E-state index contributed by atoms with van der Waals surface area (Å²) >= 11 is 1.60. The molecule has 2 heterocycles. The molecule has 1 aliphatic rings. The monoisotopic (exact) mass is 369 g/mol. The number of rotatable bonds is 2. The summed E-state index contributed by atoms with van der Waals surface area (Å²) in [5.74, 6) is 0. The minimum Gasteiger partial charge on any atom is -0.308 e. The van der Waals surface area contributed by atoms with Crippen molar-refractivity contribution in [3.05, 3.63) is 88.1 Å². The van der Waals surface area contributed by atoms with Gasteiger partial charge in [-0.15, -0.1) is 11.3 Å². The van der Waals surface area contributed by atoms with Crippen LogP contribution in [-0.2, 0) is 5.41 Å². The van der Waals surface area contributed by atoms with E-state index in [4.69, 9.17) is 0 Å². The topological polar surface area (TPSA) is 20.3 Å². The zero-order valence-corrected chi connectivity index (χ0v) is 16.1. The van der Waals surface area contributed by atoms with Crippen LogP contribution in [0.15, 0.2) is 72.8 Å². The standard InChI is InChI=1S/C24H19NOS/c1-24(2)19-11-5-6-12-21(19)25(22-14-17(15-26)27-23(22)24)20-13-7-9-16-8-3-4-10-18(16)20/h3-15H,1-2H3. The van der Waals surface area contributed by atoms with E-state index in [9.17, 15) is 4.79 Å². The third kappa shape index (κ3) is 2.28. The van der Waals surface area contributed by atoms with Crippen molar-refractivity contribution < 1.29 is 4.79 Å². The maximum Gasteiger partial charge on any atom is 0.160 e. The molecular formula is C24H19NOS. The van der Waals surface area contributed by atoms with Crippen LogP contribution in [0.4, 0.5) is 17.1 Å². The first-order valence-electron chi connectivity index (χ1n) is 9.08. The Balaban J connectivity index is 1.88. The third-order valence-corrected chi connectivity index (χ3v) is 6.86. The van der Waals surface area contributed by atoms with Crippen molar-refractivity contribution >= 4 is 45.5 Å². The van der Waals surface area contributed by atoms with Crippen molar-refractivity contribution in [3.8, 4) is 0 Å². The predicted octanol–water partition coefficient (Wildman–Crippen LogP) is 6.82. The molecule has 1 aromatic heterocycles. The highest BCUT2D eigenvalue weighted by molar-refractivity contribution is 7.14. The van der Waals surface area contributed by atoms with E-state index in [0.717, 1.165) is 22.5 Å². The van der Waals surface area contributed by atoms with Gasteiger partial charge in [0, 0.05) is 15.7 Å². The van der Waals surface area contributed by atoms with E-state index in [2.05, 4.69) is 85.5 Å². The van der Waals surface area contributed by atoms with Crippen molar-refractivity contribution in [2.75, 3.05) is 4.90 Å². The Morgan fingerprint density at radius 2 is 1.56 bits per heavy atom. The lowest BCUT2D eigenvalue weighted by Gasteiger charge is -2.40. The van der Waals surface area contributed by atoms with E-state index in [0.29, 0.717) is 0 Å². The number of anilines is 3. The van der Waals surface area contributed by atoms with Crippen molar-refractivity contribution in [1.82, 2.24) is 0 Å². The Hall–Kier alpha value is -2.91. The van der Waals surface area contributed by atoms with Gasteiger partial charge in [0.2, 0.25) is 0 Å². The first-order chi connectivity index (χ1) is 13.1. The third-order valence-electron chi connectivity index (χ3n) is 5.48. The maximum absolute atomic E-state index is 11.6. The Labute approximate surface area is 162 Å². The fraction of sp³-hybridized carbons (Fsp3) is 0.125. The summed E-state index contributed by atoms with van der Waals surface area (Å²) in [4.78, 5) is 15.9. The van der Waals surface area contributed by atoms with Crippen molar-refractivity contribution in [2.45, 2.75) is 19.3 Å². The highest BCUT2D eigenvalue weighted by Crippen LogP contribution is 2.55. The molecule has 132 valence electrons. The first kappa shape index (κ1) is 16.3. The van der Waals surface area contributed by atoms with E-state index >= 15 is 0 Å². The molecule has 0 fully saturated rings. The Bertz CT molecular complexity index is 1180. The summed E-state index contributed by atoms with van der Waals surface area (Å²) in [5, 5.41) is 2.42. The van der Waals surface area contributed by atoms with E-state index in [1.54, 1.807) is 11.3 Å². The lowest BCUT2D eigenvalue weighted by atomic mass is 9.78. The van der Waals surface area contributed by atoms with Crippen LogP contribution < -0.4 is 4.90 Å². The normalized spacial score (nSPS) is 14.7. The zero-order valence-electron chi connectivity index (χ0n) is 15.3. The quantitative estimate of drug-likeness (QED) is 0.361. The van der Waals surface area contributed by atoms with Gasteiger partial charge in [-0.05, 0) is 29.1 Å². The summed E-state index contributed by atoms with van der Waals surface area (Å²) in [5.41, 5.74) is 4.58. The van der Waals surface area contributed by atoms with E-state index < -0.39 is 0 Å². The SMILES string of the molecule is CC1(C)c2ccccc2N(c2cccc3ccccc23)c2cc(C=O)sc21. The molecule has 0 saturated carbocycles. The van der Waals surface area contributed by atoms with Gasteiger partial charge >= 0.3 is 0 Å². The molecule has 3 aromatic carbocycles. The molecule has 1 aliphatic heterocycles. The lowest BCUT2D eigenvalue weighted by molar-refractivity contribution is 0.112. The molecule has 0 N–H and O–H groups in total. The highest BCUT2D eigenvalue weighted by Gasteiger charge is 2.39. The number of aldehydes is 1. The van der Waals surface area contributed by atoms with Gasteiger partial charge in [-0.3, -0.25) is 4.79 Å². The van der Waals surface area contributed by atoms with Crippen LogP contribution in [0.3, 0.4) is 0 Å². The Morgan fingerprint density at radius 1 is 0.852 bits per heavy atom. The molecule has 0 radical (unpaired) electrons. The molecule has 4 aromatic rings. The molecule has 0 spiro atoms. The minimum absolute atomic E-state index is 0.140. The molecule has 0 unspecified atom stereocenters. The number of carbonyl (C=O) groups is 1. The fourth-order valence-corrected chi connectivity index (χ4v) is 5.26. The second-order valence-corrected chi connectivity index (χ2v) is 8.54.